The minimum absolute atomic E-state index is 0.0981. The quantitative estimate of drug-likeness (QED) is 0.879. The number of carbonyl (C=O) groups is 1. The molecule has 1 aromatic carbocycles. The van der Waals surface area contributed by atoms with Crippen LogP contribution < -0.4 is 5.43 Å². The molecule has 2 fully saturated rings. The van der Waals surface area contributed by atoms with E-state index >= 15 is 0 Å². The molecule has 2 heterocycles. The normalized spacial score (nSPS) is 24.0. The molecule has 1 saturated heterocycles. The summed E-state index contributed by atoms with van der Waals surface area (Å²) in [5.74, 6) is 0.546. The van der Waals surface area contributed by atoms with E-state index in [4.69, 9.17) is 0 Å². The van der Waals surface area contributed by atoms with Crippen molar-refractivity contribution < 1.29 is 4.79 Å². The molecular weight excluding hydrogens is 276 g/mol. The molecule has 22 heavy (non-hydrogen) atoms. The molecule has 4 rings (SSSR count). The average Bonchev–Trinajstić information content (AvgIpc) is 3.10. The van der Waals surface area contributed by atoms with E-state index in [9.17, 15) is 9.59 Å². The fourth-order valence-electron chi connectivity index (χ4n) is 4.13. The summed E-state index contributed by atoms with van der Waals surface area (Å²) in [6.07, 6.45) is 6.18. The zero-order valence-electron chi connectivity index (χ0n) is 12.8. The van der Waals surface area contributed by atoms with Crippen LogP contribution in [0.4, 0.5) is 0 Å². The zero-order valence-corrected chi connectivity index (χ0v) is 12.8. The summed E-state index contributed by atoms with van der Waals surface area (Å²) in [4.78, 5) is 30.6. The lowest BCUT2D eigenvalue weighted by atomic mass is 10.0. The second kappa shape index (κ2) is 4.97. The first kappa shape index (κ1) is 13.6. The van der Waals surface area contributed by atoms with E-state index in [0.29, 0.717) is 17.3 Å². The second-order valence-corrected chi connectivity index (χ2v) is 6.63. The number of likely N-dealkylation sites (tertiary alicyclic amines) is 1. The molecule has 2 aromatic rings. The largest absolute Gasteiger partial charge is 0.360 e. The van der Waals surface area contributed by atoms with Gasteiger partial charge in [-0.25, -0.2) is 0 Å². The number of pyridine rings is 1. The van der Waals surface area contributed by atoms with Gasteiger partial charge in [-0.05, 0) is 44.2 Å². The molecule has 4 nitrogen and oxygen atoms in total. The predicted molar refractivity (Wildman–Crippen MR) is 86.1 cm³/mol. The van der Waals surface area contributed by atoms with Crippen molar-refractivity contribution >= 4 is 16.8 Å². The third-order valence-corrected chi connectivity index (χ3v) is 5.29. The van der Waals surface area contributed by atoms with Crippen LogP contribution in [0.25, 0.3) is 10.9 Å². The Kier molecular flexibility index (Phi) is 3.06. The lowest BCUT2D eigenvalue weighted by molar-refractivity contribution is 0.0727. The highest BCUT2D eigenvalue weighted by Crippen LogP contribution is 2.38. The number of aromatic nitrogens is 1. The maximum Gasteiger partial charge on any atom is 0.259 e. The van der Waals surface area contributed by atoms with Gasteiger partial charge in [0.15, 0.2) is 0 Å². The van der Waals surface area contributed by atoms with E-state index in [2.05, 4.69) is 4.98 Å². The molecule has 0 unspecified atom stereocenters. The summed E-state index contributed by atoms with van der Waals surface area (Å²) >= 11 is 0. The van der Waals surface area contributed by atoms with Crippen LogP contribution in [0.1, 0.15) is 41.6 Å². The number of nitrogens with one attached hydrogen (secondary N) is 1. The first-order valence-corrected chi connectivity index (χ1v) is 8.08. The number of hydrogen-bond acceptors (Lipinski definition) is 2. The summed E-state index contributed by atoms with van der Waals surface area (Å²) in [6, 6.07) is 6.06. The third-order valence-electron chi connectivity index (χ3n) is 5.29. The average molecular weight is 296 g/mol. The van der Waals surface area contributed by atoms with Crippen molar-refractivity contribution in [2.24, 2.45) is 5.92 Å². The highest BCUT2D eigenvalue weighted by Gasteiger charge is 2.40. The summed E-state index contributed by atoms with van der Waals surface area (Å²) in [6.45, 7) is 2.75. The van der Waals surface area contributed by atoms with Gasteiger partial charge in [-0.3, -0.25) is 9.59 Å². The Morgan fingerprint density at radius 1 is 1.27 bits per heavy atom. The van der Waals surface area contributed by atoms with Gasteiger partial charge in [-0.1, -0.05) is 18.1 Å². The summed E-state index contributed by atoms with van der Waals surface area (Å²) < 4.78 is 0. The molecule has 0 bridgehead atoms. The molecule has 1 aliphatic heterocycles. The van der Waals surface area contributed by atoms with Crippen LogP contribution in [0.15, 0.2) is 29.2 Å². The number of H-pyrrole nitrogens is 1. The molecule has 1 saturated carbocycles. The number of fused-ring (bicyclic) bond motifs is 2. The zero-order chi connectivity index (χ0) is 15.3. The molecule has 1 aromatic heterocycles. The highest BCUT2D eigenvalue weighted by atomic mass is 16.2. The summed E-state index contributed by atoms with van der Waals surface area (Å²) in [5.41, 5.74) is 1.95. The topological polar surface area (TPSA) is 53.2 Å². The molecule has 0 radical (unpaired) electrons. The van der Waals surface area contributed by atoms with Gasteiger partial charge < -0.3 is 9.88 Å². The van der Waals surface area contributed by atoms with Crippen LogP contribution in [0.3, 0.4) is 0 Å². The van der Waals surface area contributed by atoms with Crippen LogP contribution >= 0.6 is 0 Å². The number of aromatic amines is 1. The van der Waals surface area contributed by atoms with Crippen LogP contribution in [-0.4, -0.2) is 28.4 Å². The number of rotatable bonds is 1. The van der Waals surface area contributed by atoms with Crippen molar-refractivity contribution in [3.05, 3.63) is 45.7 Å². The number of benzene rings is 1. The van der Waals surface area contributed by atoms with Crippen LogP contribution in [0, 0.1) is 12.8 Å². The van der Waals surface area contributed by atoms with Gasteiger partial charge in [-0.15, -0.1) is 0 Å². The lowest BCUT2D eigenvalue weighted by Crippen LogP contribution is -2.38. The number of carbonyl (C=O) groups excluding carboxylic acids is 1. The molecule has 2 aliphatic rings. The predicted octanol–water partition coefficient (Wildman–Crippen LogP) is 2.85. The molecule has 1 amide bonds. The molecule has 0 spiro atoms. The fourth-order valence-corrected chi connectivity index (χ4v) is 4.13. The monoisotopic (exact) mass is 296 g/mol. The van der Waals surface area contributed by atoms with E-state index < -0.39 is 0 Å². The molecular formula is C18H20N2O2. The molecule has 114 valence electrons. The van der Waals surface area contributed by atoms with Gasteiger partial charge in [0.05, 0.1) is 0 Å². The number of hydrogen-bond donors (Lipinski definition) is 1. The van der Waals surface area contributed by atoms with E-state index in [1.54, 1.807) is 6.20 Å². The third kappa shape index (κ3) is 1.97. The SMILES string of the molecule is Cc1ccc2[nH]cc(C(=O)N3CC[C@@H]4CCC[C@@H]43)c(=O)c2c1. The molecule has 1 N–H and O–H groups in total. The Bertz CT molecular complexity index is 808. The van der Waals surface area contributed by atoms with E-state index in [1.165, 1.54) is 12.8 Å². The molecule has 4 heteroatoms. The Morgan fingerprint density at radius 3 is 3.00 bits per heavy atom. The van der Waals surface area contributed by atoms with Crippen molar-refractivity contribution in [1.82, 2.24) is 9.88 Å². The van der Waals surface area contributed by atoms with E-state index in [1.807, 2.05) is 30.0 Å². The Labute approximate surface area is 129 Å². The Hall–Kier alpha value is -2.10. The minimum Gasteiger partial charge on any atom is -0.360 e. The number of aryl methyl sites for hydroxylation is 1. The van der Waals surface area contributed by atoms with Gasteiger partial charge in [0.25, 0.3) is 5.91 Å². The van der Waals surface area contributed by atoms with Crippen molar-refractivity contribution in [3.8, 4) is 0 Å². The van der Waals surface area contributed by atoms with E-state index in [0.717, 1.165) is 30.5 Å². The summed E-state index contributed by atoms with van der Waals surface area (Å²) in [7, 11) is 0. The first-order chi connectivity index (χ1) is 10.6. The van der Waals surface area contributed by atoms with Crippen molar-refractivity contribution in [1.29, 1.82) is 0 Å². The number of amides is 1. The van der Waals surface area contributed by atoms with Gasteiger partial charge in [-0.2, -0.15) is 0 Å². The smallest absolute Gasteiger partial charge is 0.259 e. The summed E-state index contributed by atoms with van der Waals surface area (Å²) in [5, 5.41) is 0.605. The van der Waals surface area contributed by atoms with Crippen LogP contribution in [0.5, 0.6) is 0 Å². The Balaban J connectivity index is 1.76. The van der Waals surface area contributed by atoms with Crippen molar-refractivity contribution in [2.45, 2.75) is 38.6 Å². The van der Waals surface area contributed by atoms with Crippen LogP contribution in [0.2, 0.25) is 0 Å². The second-order valence-electron chi connectivity index (χ2n) is 6.63. The van der Waals surface area contributed by atoms with Gasteiger partial charge in [0, 0.05) is 29.7 Å². The number of nitrogens with zero attached hydrogens (tertiary/aromatic N) is 1. The lowest BCUT2D eigenvalue weighted by Gasteiger charge is -2.23. The van der Waals surface area contributed by atoms with Crippen molar-refractivity contribution in [2.75, 3.05) is 6.54 Å². The van der Waals surface area contributed by atoms with Gasteiger partial charge in [0.1, 0.15) is 5.56 Å². The molecule has 1 aliphatic carbocycles. The highest BCUT2D eigenvalue weighted by molar-refractivity contribution is 5.97. The minimum atomic E-state index is -0.149. The van der Waals surface area contributed by atoms with Crippen molar-refractivity contribution in [3.63, 3.8) is 0 Å². The maximum absolute atomic E-state index is 12.8. The standard InChI is InChI=1S/C18H20N2O2/c1-11-5-6-15-13(9-11)17(21)14(10-19-15)18(22)20-8-7-12-3-2-4-16(12)20/h5-6,9-10,12,16H,2-4,7-8H2,1H3,(H,19,21)/t12-,16-/m0/s1. The molecule has 2 atom stereocenters. The van der Waals surface area contributed by atoms with Gasteiger partial charge >= 0.3 is 0 Å². The fraction of sp³-hybridized carbons (Fsp3) is 0.444. The maximum atomic E-state index is 12.8. The van der Waals surface area contributed by atoms with Crippen LogP contribution in [-0.2, 0) is 0 Å². The van der Waals surface area contributed by atoms with Gasteiger partial charge in [0.2, 0.25) is 5.43 Å². The van der Waals surface area contributed by atoms with E-state index in [-0.39, 0.29) is 16.9 Å². The Morgan fingerprint density at radius 2 is 2.14 bits per heavy atom. The first-order valence-electron chi connectivity index (χ1n) is 8.08.